The number of likely N-dealkylation sites (tertiary alicyclic amines) is 1. The third-order valence-corrected chi connectivity index (χ3v) is 3.68. The Morgan fingerprint density at radius 2 is 1.89 bits per heavy atom. The number of nitrogens with two attached hydrogens (primary N) is 1. The lowest BCUT2D eigenvalue weighted by molar-refractivity contribution is 0.254. The summed E-state index contributed by atoms with van der Waals surface area (Å²) in [6, 6.07) is 7.20. The van der Waals surface area contributed by atoms with E-state index in [1.165, 1.54) is 25.7 Å². The highest BCUT2D eigenvalue weighted by Crippen LogP contribution is 2.26. The predicted octanol–water partition coefficient (Wildman–Crippen LogP) is 2.60. The molecule has 1 fully saturated rings. The first-order valence-electron chi connectivity index (χ1n) is 6.51. The van der Waals surface area contributed by atoms with Crippen LogP contribution >= 0.6 is 12.2 Å². The van der Waals surface area contributed by atoms with E-state index in [4.69, 9.17) is 18.0 Å². The molecule has 1 aromatic rings. The van der Waals surface area contributed by atoms with Crippen molar-refractivity contribution in [1.82, 2.24) is 4.90 Å². The Kier molecular flexibility index (Phi) is 4.55. The zero-order chi connectivity index (χ0) is 13.0. The molecule has 0 amide bonds. The van der Waals surface area contributed by atoms with E-state index in [1.807, 2.05) is 12.1 Å². The Morgan fingerprint density at radius 3 is 2.44 bits per heavy atom. The van der Waals surface area contributed by atoms with E-state index in [9.17, 15) is 5.11 Å². The van der Waals surface area contributed by atoms with Gasteiger partial charge in [-0.3, -0.25) is 4.90 Å². The lowest BCUT2D eigenvalue weighted by atomic mass is 10.0. The first-order chi connectivity index (χ1) is 8.68. The van der Waals surface area contributed by atoms with Crippen LogP contribution in [-0.2, 0) is 0 Å². The second-order valence-corrected chi connectivity index (χ2v) is 5.32. The molecule has 1 aliphatic heterocycles. The molecule has 0 radical (unpaired) electrons. The number of thiocarbonyl (C=S) groups is 1. The fourth-order valence-corrected chi connectivity index (χ4v) is 2.89. The molecule has 1 atom stereocenters. The monoisotopic (exact) mass is 264 g/mol. The van der Waals surface area contributed by atoms with Gasteiger partial charge in [0.05, 0.1) is 11.0 Å². The molecular weight excluding hydrogens is 244 g/mol. The number of phenols is 1. The van der Waals surface area contributed by atoms with Crippen molar-refractivity contribution < 1.29 is 5.11 Å². The van der Waals surface area contributed by atoms with Crippen molar-refractivity contribution in [2.75, 3.05) is 13.1 Å². The SMILES string of the molecule is NC(=S)C(c1cccc(O)c1)N1CCCCCC1. The number of hydrogen-bond donors (Lipinski definition) is 2. The summed E-state index contributed by atoms with van der Waals surface area (Å²) in [5.74, 6) is 0.267. The van der Waals surface area contributed by atoms with Gasteiger partial charge < -0.3 is 10.8 Å². The molecule has 0 spiro atoms. The molecule has 0 aromatic heterocycles. The number of rotatable bonds is 3. The first kappa shape index (κ1) is 13.3. The van der Waals surface area contributed by atoms with Gasteiger partial charge in [0.25, 0.3) is 0 Å². The molecule has 3 N–H and O–H groups in total. The second-order valence-electron chi connectivity index (χ2n) is 4.85. The van der Waals surface area contributed by atoms with E-state index in [0.717, 1.165) is 18.7 Å². The largest absolute Gasteiger partial charge is 0.508 e. The highest BCUT2D eigenvalue weighted by atomic mass is 32.1. The summed E-state index contributed by atoms with van der Waals surface area (Å²) in [6.45, 7) is 2.05. The molecule has 18 heavy (non-hydrogen) atoms. The Hall–Kier alpha value is -1.13. The number of aromatic hydroxyl groups is 1. The molecule has 4 heteroatoms. The maximum Gasteiger partial charge on any atom is 0.115 e. The van der Waals surface area contributed by atoms with Gasteiger partial charge in [0.15, 0.2) is 0 Å². The summed E-state index contributed by atoms with van der Waals surface area (Å²) >= 11 is 5.22. The molecule has 1 heterocycles. The fourth-order valence-electron chi connectivity index (χ4n) is 2.60. The topological polar surface area (TPSA) is 49.5 Å². The van der Waals surface area contributed by atoms with Crippen LogP contribution in [0, 0.1) is 0 Å². The zero-order valence-electron chi connectivity index (χ0n) is 10.5. The quantitative estimate of drug-likeness (QED) is 0.824. The van der Waals surface area contributed by atoms with Crippen LogP contribution in [0.4, 0.5) is 0 Å². The van der Waals surface area contributed by atoms with Gasteiger partial charge in [-0.25, -0.2) is 0 Å². The highest BCUT2D eigenvalue weighted by molar-refractivity contribution is 7.80. The van der Waals surface area contributed by atoms with Crippen LogP contribution in [-0.4, -0.2) is 28.1 Å². The molecule has 1 aromatic carbocycles. The summed E-state index contributed by atoms with van der Waals surface area (Å²) in [4.78, 5) is 2.83. The molecule has 1 aliphatic rings. The Labute approximate surface area is 114 Å². The summed E-state index contributed by atoms with van der Waals surface area (Å²) < 4.78 is 0. The summed E-state index contributed by atoms with van der Waals surface area (Å²) in [6.07, 6.45) is 4.94. The summed E-state index contributed by atoms with van der Waals surface area (Å²) in [7, 11) is 0. The molecular formula is C14H20N2OS. The van der Waals surface area contributed by atoms with E-state index < -0.39 is 0 Å². The fraction of sp³-hybridized carbons (Fsp3) is 0.500. The van der Waals surface area contributed by atoms with Crippen molar-refractivity contribution in [3.05, 3.63) is 29.8 Å². The summed E-state index contributed by atoms with van der Waals surface area (Å²) in [5.41, 5.74) is 6.90. The minimum absolute atomic E-state index is 0.0507. The van der Waals surface area contributed by atoms with Crippen molar-refractivity contribution in [3.63, 3.8) is 0 Å². The lowest BCUT2D eigenvalue weighted by Gasteiger charge is -2.30. The van der Waals surface area contributed by atoms with Gasteiger partial charge in [-0.1, -0.05) is 37.2 Å². The van der Waals surface area contributed by atoms with Crippen LogP contribution in [0.1, 0.15) is 37.3 Å². The van der Waals surface area contributed by atoms with Gasteiger partial charge in [-0.2, -0.15) is 0 Å². The van der Waals surface area contributed by atoms with Gasteiger partial charge in [-0.05, 0) is 43.6 Å². The molecule has 98 valence electrons. The lowest BCUT2D eigenvalue weighted by Crippen LogP contribution is -2.37. The molecule has 0 saturated carbocycles. The van der Waals surface area contributed by atoms with E-state index in [1.54, 1.807) is 12.1 Å². The van der Waals surface area contributed by atoms with E-state index in [-0.39, 0.29) is 11.8 Å². The molecule has 0 aliphatic carbocycles. The number of hydrogen-bond acceptors (Lipinski definition) is 3. The molecule has 1 saturated heterocycles. The van der Waals surface area contributed by atoms with Crippen molar-refractivity contribution in [2.24, 2.45) is 5.73 Å². The van der Waals surface area contributed by atoms with E-state index in [2.05, 4.69) is 4.90 Å². The first-order valence-corrected chi connectivity index (χ1v) is 6.91. The Bertz CT molecular complexity index is 414. The second kappa shape index (κ2) is 6.16. The van der Waals surface area contributed by atoms with Crippen molar-refractivity contribution in [1.29, 1.82) is 0 Å². The van der Waals surface area contributed by atoms with Crippen LogP contribution < -0.4 is 5.73 Å². The number of phenolic OH excluding ortho intramolecular Hbond substituents is 1. The number of benzene rings is 1. The molecule has 2 rings (SSSR count). The van der Waals surface area contributed by atoms with Crippen molar-refractivity contribution >= 4 is 17.2 Å². The van der Waals surface area contributed by atoms with Gasteiger partial charge >= 0.3 is 0 Å². The van der Waals surface area contributed by atoms with Gasteiger partial charge in [0.2, 0.25) is 0 Å². The predicted molar refractivity (Wildman–Crippen MR) is 77.7 cm³/mol. The average molecular weight is 264 g/mol. The average Bonchev–Trinajstić information content (AvgIpc) is 2.58. The van der Waals surface area contributed by atoms with Crippen LogP contribution in [0.3, 0.4) is 0 Å². The van der Waals surface area contributed by atoms with E-state index in [0.29, 0.717) is 4.99 Å². The van der Waals surface area contributed by atoms with Gasteiger partial charge in [0, 0.05) is 0 Å². The van der Waals surface area contributed by atoms with Crippen molar-refractivity contribution in [2.45, 2.75) is 31.7 Å². The van der Waals surface area contributed by atoms with Crippen molar-refractivity contribution in [3.8, 4) is 5.75 Å². The highest BCUT2D eigenvalue weighted by Gasteiger charge is 2.23. The minimum Gasteiger partial charge on any atom is -0.508 e. The van der Waals surface area contributed by atoms with Crippen LogP contribution in [0.5, 0.6) is 5.75 Å². The standard InChI is InChI=1S/C14H20N2OS/c15-14(18)13(11-6-5-7-12(17)10-11)16-8-3-1-2-4-9-16/h5-7,10,13,17H,1-4,8-9H2,(H2,15,18). The summed E-state index contributed by atoms with van der Waals surface area (Å²) in [5, 5.41) is 9.60. The maximum absolute atomic E-state index is 9.60. The molecule has 0 bridgehead atoms. The van der Waals surface area contributed by atoms with Gasteiger partial charge in [-0.15, -0.1) is 0 Å². The third kappa shape index (κ3) is 3.21. The molecule has 3 nitrogen and oxygen atoms in total. The number of nitrogens with zero attached hydrogens (tertiary/aromatic N) is 1. The maximum atomic E-state index is 9.60. The molecule has 1 unspecified atom stereocenters. The Balaban J connectivity index is 2.24. The van der Waals surface area contributed by atoms with Crippen LogP contribution in [0.15, 0.2) is 24.3 Å². The zero-order valence-corrected chi connectivity index (χ0v) is 11.3. The van der Waals surface area contributed by atoms with E-state index >= 15 is 0 Å². The van der Waals surface area contributed by atoms with Crippen LogP contribution in [0.2, 0.25) is 0 Å². The smallest absolute Gasteiger partial charge is 0.115 e. The normalized spacial score (nSPS) is 19.1. The Morgan fingerprint density at radius 1 is 1.22 bits per heavy atom. The minimum atomic E-state index is -0.0507. The third-order valence-electron chi connectivity index (χ3n) is 3.46. The van der Waals surface area contributed by atoms with Crippen LogP contribution in [0.25, 0.3) is 0 Å². The van der Waals surface area contributed by atoms with Gasteiger partial charge in [0.1, 0.15) is 5.75 Å².